The average molecular weight is 246 g/mol. The number of ether oxygens (including phenoxy) is 1. The normalized spacial score (nSPS) is 23.2. The highest BCUT2D eigenvalue weighted by Gasteiger charge is 2.46. The Bertz CT molecular complexity index is 493. The van der Waals surface area contributed by atoms with Gasteiger partial charge in [-0.1, -0.05) is 0 Å². The summed E-state index contributed by atoms with van der Waals surface area (Å²) < 4.78 is 5.05. The molecule has 1 aromatic carbocycles. The zero-order valence-electron chi connectivity index (χ0n) is 10.1. The van der Waals surface area contributed by atoms with Gasteiger partial charge >= 0.3 is 6.03 Å². The number of amides is 3. The Labute approximate surface area is 105 Å². The van der Waals surface area contributed by atoms with Crippen LogP contribution in [-0.4, -0.2) is 25.1 Å². The highest BCUT2D eigenvalue weighted by molar-refractivity contribution is 6.21. The maximum atomic E-state index is 12.2. The lowest BCUT2D eigenvalue weighted by Gasteiger charge is -2.13. The summed E-state index contributed by atoms with van der Waals surface area (Å²) in [7, 11) is 1.58. The zero-order valence-corrected chi connectivity index (χ0v) is 10.1. The molecule has 18 heavy (non-hydrogen) atoms. The molecule has 3 rings (SSSR count). The summed E-state index contributed by atoms with van der Waals surface area (Å²) in [5, 5.41) is 2.75. The lowest BCUT2D eigenvalue weighted by atomic mass is 10.2. The second kappa shape index (κ2) is 4.01. The lowest BCUT2D eigenvalue weighted by Crippen LogP contribution is -2.32. The number of benzene rings is 1. The van der Waals surface area contributed by atoms with Gasteiger partial charge in [0.25, 0.3) is 5.91 Å². The van der Waals surface area contributed by atoms with Gasteiger partial charge in [-0.2, -0.15) is 0 Å². The van der Waals surface area contributed by atoms with Crippen LogP contribution in [-0.2, 0) is 4.79 Å². The van der Waals surface area contributed by atoms with Gasteiger partial charge in [-0.15, -0.1) is 0 Å². The molecule has 1 saturated heterocycles. The Kier molecular flexibility index (Phi) is 2.47. The molecule has 0 radical (unpaired) electrons. The van der Waals surface area contributed by atoms with Crippen LogP contribution in [0, 0.1) is 5.92 Å². The molecule has 1 atom stereocenters. The van der Waals surface area contributed by atoms with Gasteiger partial charge in [0.1, 0.15) is 11.8 Å². The van der Waals surface area contributed by atoms with Gasteiger partial charge in [0, 0.05) is 0 Å². The molecular weight excluding hydrogens is 232 g/mol. The van der Waals surface area contributed by atoms with E-state index in [-0.39, 0.29) is 18.0 Å². The predicted molar refractivity (Wildman–Crippen MR) is 65.5 cm³/mol. The van der Waals surface area contributed by atoms with Crippen LogP contribution >= 0.6 is 0 Å². The number of methoxy groups -OCH3 is 1. The first-order valence-electron chi connectivity index (χ1n) is 5.99. The summed E-state index contributed by atoms with van der Waals surface area (Å²) in [6.07, 6.45) is 2.04. The topological polar surface area (TPSA) is 58.6 Å². The fourth-order valence-electron chi connectivity index (χ4n) is 2.22. The molecule has 1 N–H and O–H groups in total. The van der Waals surface area contributed by atoms with Gasteiger partial charge < -0.3 is 10.1 Å². The van der Waals surface area contributed by atoms with Gasteiger partial charge in [0.05, 0.1) is 12.8 Å². The third-order valence-corrected chi connectivity index (χ3v) is 3.39. The molecule has 0 spiro atoms. The summed E-state index contributed by atoms with van der Waals surface area (Å²) in [4.78, 5) is 25.2. The molecule has 0 bridgehead atoms. The molecule has 5 heteroatoms. The third-order valence-electron chi connectivity index (χ3n) is 3.39. The van der Waals surface area contributed by atoms with Crippen LogP contribution in [0.3, 0.4) is 0 Å². The average Bonchev–Trinajstić information content (AvgIpc) is 3.17. The predicted octanol–water partition coefficient (Wildman–Crippen LogP) is 1.53. The second-order valence-electron chi connectivity index (χ2n) is 4.64. The van der Waals surface area contributed by atoms with Crippen molar-refractivity contribution in [2.24, 2.45) is 5.92 Å². The van der Waals surface area contributed by atoms with Crippen LogP contribution in [0.25, 0.3) is 0 Å². The Hall–Kier alpha value is -2.04. The van der Waals surface area contributed by atoms with Crippen LogP contribution in [0.5, 0.6) is 5.75 Å². The summed E-state index contributed by atoms with van der Waals surface area (Å²) in [6.45, 7) is 0. The van der Waals surface area contributed by atoms with Gasteiger partial charge in [-0.05, 0) is 43.0 Å². The number of hydrogen-bond donors (Lipinski definition) is 1. The SMILES string of the molecule is COc1ccc(N2C(=O)NC(C3CC3)C2=O)cc1. The van der Waals surface area contributed by atoms with E-state index >= 15 is 0 Å². The van der Waals surface area contributed by atoms with Crippen molar-refractivity contribution in [3.8, 4) is 5.75 Å². The van der Waals surface area contributed by atoms with Crippen molar-refractivity contribution < 1.29 is 14.3 Å². The summed E-state index contributed by atoms with van der Waals surface area (Å²) in [6, 6.07) is 6.24. The largest absolute Gasteiger partial charge is 0.497 e. The molecule has 2 aliphatic rings. The fourth-order valence-corrected chi connectivity index (χ4v) is 2.22. The smallest absolute Gasteiger partial charge is 0.329 e. The quantitative estimate of drug-likeness (QED) is 0.823. The molecule has 1 aliphatic carbocycles. The van der Waals surface area contributed by atoms with Gasteiger partial charge in [-0.3, -0.25) is 4.79 Å². The molecule has 0 aromatic heterocycles. The van der Waals surface area contributed by atoms with E-state index in [0.717, 1.165) is 12.8 Å². The van der Waals surface area contributed by atoms with Crippen molar-refractivity contribution in [2.45, 2.75) is 18.9 Å². The first kappa shape index (κ1) is 11.1. The number of carbonyl (C=O) groups is 2. The van der Waals surface area contributed by atoms with Crippen LogP contribution in [0.15, 0.2) is 24.3 Å². The van der Waals surface area contributed by atoms with Crippen molar-refractivity contribution in [2.75, 3.05) is 12.0 Å². The van der Waals surface area contributed by atoms with Crippen LogP contribution in [0.2, 0.25) is 0 Å². The molecule has 5 nitrogen and oxygen atoms in total. The van der Waals surface area contributed by atoms with E-state index in [1.807, 2.05) is 0 Å². The Balaban J connectivity index is 1.85. The zero-order chi connectivity index (χ0) is 12.7. The Morgan fingerprint density at radius 1 is 1.22 bits per heavy atom. The number of hydrogen-bond acceptors (Lipinski definition) is 3. The number of rotatable bonds is 3. The van der Waals surface area contributed by atoms with Crippen LogP contribution in [0.4, 0.5) is 10.5 Å². The molecule has 94 valence electrons. The number of anilines is 1. The molecule has 2 fully saturated rings. The first-order chi connectivity index (χ1) is 8.70. The molecular formula is C13H14N2O3. The van der Waals surface area contributed by atoms with Gasteiger partial charge in [0.15, 0.2) is 0 Å². The number of nitrogens with one attached hydrogen (secondary N) is 1. The number of urea groups is 1. The van der Waals surface area contributed by atoms with Crippen molar-refractivity contribution in [3.63, 3.8) is 0 Å². The van der Waals surface area contributed by atoms with E-state index in [4.69, 9.17) is 4.74 Å². The van der Waals surface area contributed by atoms with Crippen LogP contribution < -0.4 is 15.0 Å². The maximum absolute atomic E-state index is 12.2. The molecule has 3 amide bonds. The van der Waals surface area contributed by atoms with Crippen molar-refractivity contribution in [1.82, 2.24) is 5.32 Å². The van der Waals surface area contributed by atoms with Gasteiger partial charge in [-0.25, -0.2) is 9.69 Å². The fraction of sp³-hybridized carbons (Fsp3) is 0.385. The summed E-state index contributed by atoms with van der Waals surface area (Å²) in [5.41, 5.74) is 0.585. The monoisotopic (exact) mass is 246 g/mol. The molecule has 1 aliphatic heterocycles. The Morgan fingerprint density at radius 2 is 1.89 bits per heavy atom. The molecule has 1 heterocycles. The van der Waals surface area contributed by atoms with E-state index in [2.05, 4.69) is 5.32 Å². The first-order valence-corrected chi connectivity index (χ1v) is 5.99. The molecule has 1 aromatic rings. The number of imide groups is 1. The second-order valence-corrected chi connectivity index (χ2v) is 4.64. The molecule has 1 unspecified atom stereocenters. The summed E-state index contributed by atoms with van der Waals surface area (Å²) in [5.74, 6) is 0.877. The number of nitrogens with zero attached hydrogens (tertiary/aromatic N) is 1. The van der Waals surface area contributed by atoms with Crippen LogP contribution in [0.1, 0.15) is 12.8 Å². The third kappa shape index (κ3) is 1.72. The number of carbonyl (C=O) groups excluding carboxylic acids is 2. The molecule has 1 saturated carbocycles. The van der Waals surface area contributed by atoms with E-state index in [0.29, 0.717) is 17.4 Å². The minimum absolute atomic E-state index is 0.146. The lowest BCUT2D eigenvalue weighted by molar-refractivity contribution is -0.118. The highest BCUT2D eigenvalue weighted by Crippen LogP contribution is 2.36. The van der Waals surface area contributed by atoms with Crippen molar-refractivity contribution in [1.29, 1.82) is 0 Å². The van der Waals surface area contributed by atoms with Crippen molar-refractivity contribution in [3.05, 3.63) is 24.3 Å². The van der Waals surface area contributed by atoms with E-state index in [1.165, 1.54) is 4.90 Å². The summed E-state index contributed by atoms with van der Waals surface area (Å²) >= 11 is 0. The Morgan fingerprint density at radius 3 is 2.44 bits per heavy atom. The van der Waals surface area contributed by atoms with E-state index in [1.54, 1.807) is 31.4 Å². The van der Waals surface area contributed by atoms with E-state index < -0.39 is 0 Å². The maximum Gasteiger partial charge on any atom is 0.329 e. The standard InChI is InChI=1S/C13H14N2O3/c1-18-10-6-4-9(5-7-10)15-12(16)11(8-2-3-8)14-13(15)17/h4-8,11H,2-3H2,1H3,(H,14,17). The minimum Gasteiger partial charge on any atom is -0.497 e. The van der Waals surface area contributed by atoms with E-state index in [9.17, 15) is 9.59 Å². The highest BCUT2D eigenvalue weighted by atomic mass is 16.5. The minimum atomic E-state index is -0.334. The van der Waals surface area contributed by atoms with Gasteiger partial charge in [0.2, 0.25) is 0 Å². The van der Waals surface area contributed by atoms with Crippen molar-refractivity contribution >= 4 is 17.6 Å².